The lowest BCUT2D eigenvalue weighted by atomic mass is 9.81. The summed E-state index contributed by atoms with van der Waals surface area (Å²) in [5.41, 5.74) is 2.30. The Bertz CT molecular complexity index is 951. The van der Waals surface area contributed by atoms with Crippen molar-refractivity contribution in [2.24, 2.45) is 23.7 Å². The van der Waals surface area contributed by atoms with Crippen LogP contribution in [0.5, 0.6) is 5.75 Å². The number of hydrogen-bond donors (Lipinski definition) is 0. The number of benzene rings is 2. The lowest BCUT2D eigenvalue weighted by Crippen LogP contribution is -2.32. The highest BCUT2D eigenvalue weighted by atomic mass is 16.5. The van der Waals surface area contributed by atoms with Gasteiger partial charge in [-0.3, -0.25) is 19.3 Å². The van der Waals surface area contributed by atoms with E-state index in [1.54, 1.807) is 36.4 Å². The zero-order valence-corrected chi connectivity index (χ0v) is 16.3. The van der Waals surface area contributed by atoms with Crippen LogP contribution in [-0.4, -0.2) is 24.2 Å². The molecule has 0 spiro atoms. The van der Waals surface area contributed by atoms with E-state index in [1.807, 2.05) is 19.1 Å². The standard InChI is InChI=1S/C24H23NO4/c1-14-2-4-15(5-3-14)20(26)13-29-19-10-8-18(9-11-19)25-23(27)21-16-6-7-17(12-16)22(21)24(25)28/h2-5,8-11,16-17,21-22H,6-7,12-13H2,1H3. The molecule has 3 fully saturated rings. The first-order chi connectivity index (χ1) is 14.0. The molecule has 2 aliphatic carbocycles. The number of carbonyl (C=O) groups excluding carboxylic acids is 3. The summed E-state index contributed by atoms with van der Waals surface area (Å²) in [6, 6.07) is 14.2. The number of ketones is 1. The number of imide groups is 1. The molecule has 2 bridgehead atoms. The largest absolute Gasteiger partial charge is 0.485 e. The van der Waals surface area contributed by atoms with Crippen LogP contribution in [0.4, 0.5) is 5.69 Å². The molecule has 29 heavy (non-hydrogen) atoms. The van der Waals surface area contributed by atoms with E-state index in [0.717, 1.165) is 24.8 Å². The van der Waals surface area contributed by atoms with Gasteiger partial charge in [0.15, 0.2) is 12.4 Å². The summed E-state index contributed by atoms with van der Waals surface area (Å²) in [4.78, 5) is 39.4. The highest BCUT2D eigenvalue weighted by molar-refractivity contribution is 6.22. The van der Waals surface area contributed by atoms with Crippen molar-refractivity contribution in [1.29, 1.82) is 0 Å². The minimum Gasteiger partial charge on any atom is -0.485 e. The average Bonchev–Trinajstić information content (AvgIpc) is 3.41. The van der Waals surface area contributed by atoms with Crippen LogP contribution in [0.1, 0.15) is 35.2 Å². The molecule has 0 aromatic heterocycles. The van der Waals surface area contributed by atoms with E-state index >= 15 is 0 Å². The van der Waals surface area contributed by atoms with Gasteiger partial charge in [-0.1, -0.05) is 29.8 Å². The topological polar surface area (TPSA) is 63.7 Å². The van der Waals surface area contributed by atoms with Gasteiger partial charge in [0.1, 0.15) is 5.75 Å². The Hall–Kier alpha value is -2.95. The first-order valence-electron chi connectivity index (χ1n) is 10.2. The lowest BCUT2D eigenvalue weighted by Gasteiger charge is -2.19. The average molecular weight is 389 g/mol. The molecule has 148 valence electrons. The molecule has 1 heterocycles. The van der Waals surface area contributed by atoms with Crippen molar-refractivity contribution in [2.75, 3.05) is 11.5 Å². The number of hydrogen-bond acceptors (Lipinski definition) is 4. The fourth-order valence-electron chi connectivity index (χ4n) is 5.33. The maximum Gasteiger partial charge on any atom is 0.237 e. The Labute approximate surface area is 169 Å². The minimum absolute atomic E-state index is 0.0459. The van der Waals surface area contributed by atoms with E-state index < -0.39 is 0 Å². The van der Waals surface area contributed by atoms with Crippen molar-refractivity contribution >= 4 is 23.3 Å². The second-order valence-corrected chi connectivity index (χ2v) is 8.47. The molecule has 2 aromatic carbocycles. The summed E-state index contributed by atoms with van der Waals surface area (Å²) in [7, 11) is 0. The van der Waals surface area contributed by atoms with Gasteiger partial charge in [-0.15, -0.1) is 0 Å². The molecule has 4 atom stereocenters. The number of nitrogens with zero attached hydrogens (tertiary/aromatic N) is 1. The van der Waals surface area contributed by atoms with E-state index in [4.69, 9.17) is 4.74 Å². The molecule has 0 radical (unpaired) electrons. The SMILES string of the molecule is Cc1ccc(C(=O)COc2ccc(N3C(=O)C4C5CCC(C5)C4C3=O)cc2)cc1. The van der Waals surface area contributed by atoms with Crippen molar-refractivity contribution in [2.45, 2.75) is 26.2 Å². The third-order valence-electron chi connectivity index (χ3n) is 6.77. The van der Waals surface area contributed by atoms with Crippen LogP contribution in [0.2, 0.25) is 0 Å². The van der Waals surface area contributed by atoms with Crippen molar-refractivity contribution in [1.82, 2.24) is 0 Å². The van der Waals surface area contributed by atoms with E-state index in [9.17, 15) is 14.4 Å². The normalized spacial score (nSPS) is 27.4. The van der Waals surface area contributed by atoms with Crippen molar-refractivity contribution in [3.8, 4) is 5.75 Å². The molecule has 2 amide bonds. The molecule has 1 saturated heterocycles. The molecule has 0 N–H and O–H groups in total. The predicted molar refractivity (Wildman–Crippen MR) is 108 cm³/mol. The molecule has 3 aliphatic rings. The van der Waals surface area contributed by atoms with Gasteiger partial charge in [0.2, 0.25) is 11.8 Å². The third-order valence-corrected chi connectivity index (χ3v) is 6.77. The van der Waals surface area contributed by atoms with Crippen LogP contribution in [0.3, 0.4) is 0 Å². The maximum absolute atomic E-state index is 12.9. The van der Waals surface area contributed by atoms with Gasteiger partial charge in [0, 0.05) is 5.56 Å². The summed E-state index contributed by atoms with van der Waals surface area (Å²) >= 11 is 0. The maximum atomic E-state index is 12.9. The molecule has 2 saturated carbocycles. The number of fused-ring (bicyclic) bond motifs is 5. The fourth-order valence-corrected chi connectivity index (χ4v) is 5.33. The lowest BCUT2D eigenvalue weighted by molar-refractivity contribution is -0.123. The molecule has 5 heteroatoms. The van der Waals surface area contributed by atoms with Gasteiger partial charge in [-0.2, -0.15) is 0 Å². The number of aryl methyl sites for hydroxylation is 1. The van der Waals surface area contributed by atoms with E-state index in [-0.39, 0.29) is 36.0 Å². The van der Waals surface area contributed by atoms with E-state index in [0.29, 0.717) is 28.8 Å². The zero-order chi connectivity index (χ0) is 20.1. The second-order valence-electron chi connectivity index (χ2n) is 8.47. The monoisotopic (exact) mass is 389 g/mol. The van der Waals surface area contributed by atoms with Crippen LogP contribution in [0.25, 0.3) is 0 Å². The van der Waals surface area contributed by atoms with Gasteiger partial charge in [0.05, 0.1) is 17.5 Å². The van der Waals surface area contributed by atoms with Gasteiger partial charge >= 0.3 is 0 Å². The van der Waals surface area contributed by atoms with Gasteiger partial charge in [0.25, 0.3) is 0 Å². The third kappa shape index (κ3) is 2.96. The van der Waals surface area contributed by atoms with Gasteiger partial charge in [-0.05, 0) is 62.3 Å². The highest BCUT2D eigenvalue weighted by Gasteiger charge is 2.61. The van der Waals surface area contributed by atoms with Crippen molar-refractivity contribution in [3.63, 3.8) is 0 Å². The molecule has 1 aliphatic heterocycles. The molecule has 5 nitrogen and oxygen atoms in total. The summed E-state index contributed by atoms with van der Waals surface area (Å²) in [6.07, 6.45) is 3.17. The first kappa shape index (κ1) is 18.1. The smallest absolute Gasteiger partial charge is 0.237 e. The number of amides is 2. The van der Waals surface area contributed by atoms with Crippen LogP contribution >= 0.6 is 0 Å². The Balaban J connectivity index is 1.26. The Morgan fingerprint density at radius 1 is 0.931 bits per heavy atom. The highest BCUT2D eigenvalue weighted by Crippen LogP contribution is 2.56. The number of Topliss-reactive ketones (excluding diaryl/α,β-unsaturated/α-hetero) is 1. The predicted octanol–water partition coefficient (Wildman–Crippen LogP) is 3.79. The van der Waals surface area contributed by atoms with E-state index in [2.05, 4.69) is 0 Å². The summed E-state index contributed by atoms with van der Waals surface area (Å²) in [6.45, 7) is 1.91. The Morgan fingerprint density at radius 3 is 2.10 bits per heavy atom. The van der Waals surface area contributed by atoms with Crippen LogP contribution < -0.4 is 9.64 Å². The number of ether oxygens (including phenoxy) is 1. The van der Waals surface area contributed by atoms with Crippen molar-refractivity contribution < 1.29 is 19.1 Å². The summed E-state index contributed by atoms with van der Waals surface area (Å²) in [5, 5.41) is 0. The number of carbonyl (C=O) groups is 3. The van der Waals surface area contributed by atoms with Crippen molar-refractivity contribution in [3.05, 3.63) is 59.7 Å². The first-order valence-corrected chi connectivity index (χ1v) is 10.2. The number of anilines is 1. The molecule has 5 rings (SSSR count). The minimum atomic E-state index is -0.121. The van der Waals surface area contributed by atoms with Crippen LogP contribution in [-0.2, 0) is 9.59 Å². The van der Waals surface area contributed by atoms with Gasteiger partial charge in [-0.25, -0.2) is 0 Å². The molecular formula is C24H23NO4. The Kier molecular flexibility index (Phi) is 4.26. The fraction of sp³-hybridized carbons (Fsp3) is 0.375. The second kappa shape index (κ2) is 6.83. The molecular weight excluding hydrogens is 366 g/mol. The zero-order valence-electron chi connectivity index (χ0n) is 16.3. The molecule has 2 aromatic rings. The van der Waals surface area contributed by atoms with Crippen LogP contribution in [0, 0.1) is 30.6 Å². The Morgan fingerprint density at radius 2 is 1.52 bits per heavy atom. The number of rotatable bonds is 5. The van der Waals surface area contributed by atoms with Gasteiger partial charge < -0.3 is 4.74 Å². The van der Waals surface area contributed by atoms with Crippen LogP contribution in [0.15, 0.2) is 48.5 Å². The quantitative estimate of drug-likeness (QED) is 0.577. The summed E-state index contributed by atoms with van der Waals surface area (Å²) < 4.78 is 5.60. The summed E-state index contributed by atoms with van der Waals surface area (Å²) in [5.74, 6) is 0.860. The van der Waals surface area contributed by atoms with E-state index in [1.165, 1.54) is 4.90 Å². The molecule has 4 unspecified atom stereocenters.